The molecule has 0 N–H and O–H groups in total. The maximum atomic E-state index is 5.80. The summed E-state index contributed by atoms with van der Waals surface area (Å²) in [6.45, 7) is 2.23. The van der Waals surface area contributed by atoms with Crippen LogP contribution in [0.1, 0.15) is 61.6 Å². The minimum atomic E-state index is 0.510. The first-order valence-corrected chi connectivity index (χ1v) is 9.34. The van der Waals surface area contributed by atoms with Crippen molar-refractivity contribution in [2.75, 3.05) is 0 Å². The highest BCUT2D eigenvalue weighted by molar-refractivity contribution is 6.29. The van der Waals surface area contributed by atoms with Crippen molar-refractivity contribution in [3.63, 3.8) is 0 Å². The van der Waals surface area contributed by atoms with E-state index in [0.29, 0.717) is 17.0 Å². The molecule has 0 unspecified atom stereocenters. The molecule has 0 bridgehead atoms. The number of hydrogen-bond acceptors (Lipinski definition) is 1. The van der Waals surface area contributed by atoms with Gasteiger partial charge in [0, 0.05) is 17.7 Å². The lowest BCUT2D eigenvalue weighted by molar-refractivity contribution is 0.384. The number of aryl methyl sites for hydroxylation is 1. The molecule has 1 aliphatic rings. The van der Waals surface area contributed by atoms with Gasteiger partial charge in [-0.15, -0.1) is 0 Å². The molecule has 1 aliphatic carbocycles. The van der Waals surface area contributed by atoms with E-state index in [0.717, 1.165) is 5.56 Å². The van der Waals surface area contributed by atoms with Crippen LogP contribution in [-0.4, -0.2) is 4.98 Å². The second-order valence-corrected chi connectivity index (χ2v) is 7.07. The topological polar surface area (TPSA) is 12.9 Å². The fraction of sp³-hybridized carbons (Fsp3) is 0.409. The molecule has 24 heavy (non-hydrogen) atoms. The van der Waals surface area contributed by atoms with E-state index >= 15 is 0 Å². The summed E-state index contributed by atoms with van der Waals surface area (Å²) in [7, 11) is 0. The monoisotopic (exact) mass is 337 g/mol. The van der Waals surface area contributed by atoms with E-state index in [-0.39, 0.29) is 0 Å². The van der Waals surface area contributed by atoms with Gasteiger partial charge in [0.1, 0.15) is 5.15 Å². The molecule has 2 heteroatoms. The van der Waals surface area contributed by atoms with E-state index in [2.05, 4.69) is 48.0 Å². The van der Waals surface area contributed by atoms with Crippen molar-refractivity contribution in [3.8, 4) is 11.8 Å². The Bertz CT molecular complexity index is 698. The van der Waals surface area contributed by atoms with Crippen LogP contribution in [-0.2, 0) is 6.42 Å². The minimum absolute atomic E-state index is 0.510. The summed E-state index contributed by atoms with van der Waals surface area (Å²) >= 11 is 5.80. The molecule has 0 spiro atoms. The van der Waals surface area contributed by atoms with E-state index in [9.17, 15) is 0 Å². The average molecular weight is 338 g/mol. The second kappa shape index (κ2) is 8.36. The van der Waals surface area contributed by atoms with Crippen LogP contribution in [0.4, 0.5) is 0 Å². The molecular formula is C22H24ClN. The molecular weight excluding hydrogens is 314 g/mol. The minimum Gasteiger partial charge on any atom is -0.243 e. The van der Waals surface area contributed by atoms with E-state index < -0.39 is 0 Å². The normalized spacial score (nSPS) is 20.2. The summed E-state index contributed by atoms with van der Waals surface area (Å²) in [5.74, 6) is 7.88. The first kappa shape index (κ1) is 17.1. The lowest BCUT2D eigenvalue weighted by Gasteiger charge is -2.26. The summed E-state index contributed by atoms with van der Waals surface area (Å²) in [6.07, 6.45) is 9.01. The summed E-state index contributed by atoms with van der Waals surface area (Å²) in [5.41, 5.74) is 3.91. The van der Waals surface area contributed by atoms with Crippen molar-refractivity contribution in [2.24, 2.45) is 5.92 Å². The highest BCUT2D eigenvalue weighted by Gasteiger charge is 2.21. The first-order valence-electron chi connectivity index (χ1n) is 8.96. The molecule has 0 radical (unpaired) electrons. The van der Waals surface area contributed by atoms with Crippen molar-refractivity contribution in [1.29, 1.82) is 0 Å². The molecule has 1 heterocycles. The van der Waals surface area contributed by atoms with Gasteiger partial charge in [-0.2, -0.15) is 0 Å². The highest BCUT2D eigenvalue weighted by atomic mass is 35.5. The van der Waals surface area contributed by atoms with Crippen LogP contribution in [0.3, 0.4) is 0 Å². The number of aromatic nitrogens is 1. The molecule has 3 rings (SSSR count). The van der Waals surface area contributed by atoms with E-state index in [1.54, 1.807) is 12.3 Å². The summed E-state index contributed by atoms with van der Waals surface area (Å²) in [6, 6.07) is 13.0. The molecule has 1 nitrogen and oxygen atoms in total. The van der Waals surface area contributed by atoms with Gasteiger partial charge in [0.05, 0.1) is 0 Å². The lowest BCUT2D eigenvalue weighted by atomic mass is 9.79. The average Bonchev–Trinajstić information content (AvgIpc) is 2.63. The molecule has 0 atom stereocenters. The van der Waals surface area contributed by atoms with Crippen LogP contribution < -0.4 is 0 Å². The molecule has 0 saturated heterocycles. The van der Waals surface area contributed by atoms with E-state index in [4.69, 9.17) is 11.6 Å². The zero-order valence-electron chi connectivity index (χ0n) is 14.3. The van der Waals surface area contributed by atoms with Gasteiger partial charge in [0.2, 0.25) is 0 Å². The van der Waals surface area contributed by atoms with Crippen LogP contribution in [0.5, 0.6) is 0 Å². The third-order valence-corrected chi connectivity index (χ3v) is 5.09. The van der Waals surface area contributed by atoms with Gasteiger partial charge in [-0.3, -0.25) is 0 Å². The standard InChI is InChI=1S/C22H24ClN/c1-2-3-17-6-11-20(12-7-17)21-13-8-18(9-14-21)4-5-19-10-15-22(23)24-16-19/h6-7,10-12,15-16,18,21H,2-3,8-9,13-14H2,1H3. The Balaban J connectivity index is 1.55. The maximum Gasteiger partial charge on any atom is 0.129 e. The number of nitrogens with zero attached hydrogens (tertiary/aromatic N) is 1. The van der Waals surface area contributed by atoms with Gasteiger partial charge in [-0.25, -0.2) is 4.98 Å². The number of pyridine rings is 1. The summed E-state index contributed by atoms with van der Waals surface area (Å²) < 4.78 is 0. The Labute approximate surface area is 150 Å². The number of halogens is 1. The molecule has 1 aromatic heterocycles. The lowest BCUT2D eigenvalue weighted by Crippen LogP contribution is -2.12. The zero-order chi connectivity index (χ0) is 16.8. The molecule has 0 amide bonds. The molecule has 1 fully saturated rings. The maximum absolute atomic E-state index is 5.80. The third-order valence-electron chi connectivity index (χ3n) is 4.86. The Hall–Kier alpha value is -1.78. The van der Waals surface area contributed by atoms with E-state index in [1.165, 1.54) is 49.7 Å². The largest absolute Gasteiger partial charge is 0.243 e. The van der Waals surface area contributed by atoms with Crippen LogP contribution >= 0.6 is 11.6 Å². The fourth-order valence-electron chi connectivity index (χ4n) is 3.45. The Kier molecular flexibility index (Phi) is 5.94. The number of rotatable bonds is 3. The van der Waals surface area contributed by atoms with Crippen LogP contribution in [0, 0.1) is 17.8 Å². The number of benzene rings is 1. The quantitative estimate of drug-likeness (QED) is 0.493. The molecule has 0 aliphatic heterocycles. The van der Waals surface area contributed by atoms with Gasteiger partial charge in [-0.05, 0) is 61.3 Å². The van der Waals surface area contributed by atoms with Crippen molar-refractivity contribution in [3.05, 3.63) is 64.4 Å². The number of hydrogen-bond donors (Lipinski definition) is 0. The fourth-order valence-corrected chi connectivity index (χ4v) is 3.56. The van der Waals surface area contributed by atoms with Crippen LogP contribution in [0.2, 0.25) is 5.15 Å². The Morgan fingerprint density at radius 2 is 1.79 bits per heavy atom. The predicted molar refractivity (Wildman–Crippen MR) is 101 cm³/mol. The molecule has 124 valence electrons. The predicted octanol–water partition coefficient (Wildman–Crippen LogP) is 6.01. The van der Waals surface area contributed by atoms with Gasteiger partial charge in [-0.1, -0.05) is 61.1 Å². The van der Waals surface area contributed by atoms with Gasteiger partial charge < -0.3 is 0 Å². The zero-order valence-corrected chi connectivity index (χ0v) is 15.0. The smallest absolute Gasteiger partial charge is 0.129 e. The Morgan fingerprint density at radius 3 is 2.42 bits per heavy atom. The van der Waals surface area contributed by atoms with Crippen LogP contribution in [0.25, 0.3) is 0 Å². The second-order valence-electron chi connectivity index (χ2n) is 6.68. The third kappa shape index (κ3) is 4.62. The van der Waals surface area contributed by atoms with Crippen molar-refractivity contribution in [1.82, 2.24) is 4.98 Å². The van der Waals surface area contributed by atoms with Crippen molar-refractivity contribution in [2.45, 2.75) is 51.4 Å². The highest BCUT2D eigenvalue weighted by Crippen LogP contribution is 2.35. The molecule has 1 aromatic carbocycles. The molecule has 2 aromatic rings. The first-order chi connectivity index (χ1) is 11.7. The Morgan fingerprint density at radius 1 is 1.04 bits per heavy atom. The van der Waals surface area contributed by atoms with Crippen molar-refractivity contribution < 1.29 is 0 Å². The van der Waals surface area contributed by atoms with Gasteiger partial charge in [0.25, 0.3) is 0 Å². The van der Waals surface area contributed by atoms with E-state index in [1.807, 2.05) is 6.07 Å². The van der Waals surface area contributed by atoms with Crippen LogP contribution in [0.15, 0.2) is 42.6 Å². The van der Waals surface area contributed by atoms with Gasteiger partial charge >= 0.3 is 0 Å². The summed E-state index contributed by atoms with van der Waals surface area (Å²) in [4.78, 5) is 4.08. The summed E-state index contributed by atoms with van der Waals surface area (Å²) in [5, 5.41) is 0.519. The van der Waals surface area contributed by atoms with Crippen molar-refractivity contribution >= 4 is 11.6 Å². The van der Waals surface area contributed by atoms with Gasteiger partial charge in [0.15, 0.2) is 0 Å². The SMILES string of the molecule is CCCc1ccc(C2CCC(C#Cc3ccc(Cl)nc3)CC2)cc1. The molecule has 1 saturated carbocycles.